The van der Waals surface area contributed by atoms with Gasteiger partial charge in [-0.3, -0.25) is 9.59 Å². The zero-order valence-electron chi connectivity index (χ0n) is 15.7. The van der Waals surface area contributed by atoms with Crippen molar-refractivity contribution in [1.29, 1.82) is 0 Å². The quantitative estimate of drug-likeness (QED) is 0.517. The van der Waals surface area contributed by atoms with Crippen LogP contribution in [-0.4, -0.2) is 36.2 Å². The number of benzene rings is 2. The lowest BCUT2D eigenvalue weighted by Crippen LogP contribution is -2.21. The number of aromatic hydroxyl groups is 1. The van der Waals surface area contributed by atoms with E-state index in [-0.39, 0.29) is 11.7 Å². The number of hydrogen-bond acceptors (Lipinski definition) is 5. The van der Waals surface area contributed by atoms with Gasteiger partial charge in [0, 0.05) is 48.6 Å². The topological polar surface area (TPSA) is 94.0 Å². The van der Waals surface area contributed by atoms with Gasteiger partial charge in [0.25, 0.3) is 5.91 Å². The van der Waals surface area contributed by atoms with Crippen LogP contribution in [-0.2, 0) is 4.79 Å². The van der Waals surface area contributed by atoms with E-state index in [9.17, 15) is 14.7 Å². The van der Waals surface area contributed by atoms with Crippen LogP contribution in [0.3, 0.4) is 0 Å². The Morgan fingerprint density at radius 1 is 1.15 bits per heavy atom. The van der Waals surface area contributed by atoms with Gasteiger partial charge in [-0.15, -0.1) is 0 Å². The second-order valence-corrected chi connectivity index (χ2v) is 5.88. The Kier molecular flexibility index (Phi) is 6.93. The molecule has 0 bridgehead atoms. The number of anilines is 2. The van der Waals surface area contributed by atoms with E-state index < -0.39 is 5.91 Å². The third-order valence-corrected chi connectivity index (χ3v) is 3.96. The first-order valence-electron chi connectivity index (χ1n) is 8.73. The molecule has 2 rings (SSSR count). The molecule has 0 saturated carbocycles. The van der Waals surface area contributed by atoms with Crippen LogP contribution in [0.4, 0.5) is 11.4 Å². The fourth-order valence-electron chi connectivity index (χ4n) is 2.59. The molecule has 2 aromatic rings. The molecular formula is C20H24N4O3. The second-order valence-electron chi connectivity index (χ2n) is 5.88. The Labute approximate surface area is 158 Å². The minimum absolute atomic E-state index is 0.0880. The van der Waals surface area contributed by atoms with E-state index in [1.54, 1.807) is 36.4 Å². The number of amides is 2. The predicted octanol–water partition coefficient (Wildman–Crippen LogP) is 2.96. The highest BCUT2D eigenvalue weighted by Gasteiger charge is 2.07. The largest absolute Gasteiger partial charge is 0.507 e. The van der Waals surface area contributed by atoms with E-state index in [0.717, 1.165) is 18.8 Å². The molecule has 3 N–H and O–H groups in total. The summed E-state index contributed by atoms with van der Waals surface area (Å²) in [6.45, 7) is 7.18. The van der Waals surface area contributed by atoms with Crippen LogP contribution >= 0.6 is 0 Å². The third kappa shape index (κ3) is 5.57. The fraction of sp³-hybridized carbons (Fsp3) is 0.250. The Morgan fingerprint density at radius 3 is 2.52 bits per heavy atom. The summed E-state index contributed by atoms with van der Waals surface area (Å²) in [6.07, 6.45) is 1.39. The van der Waals surface area contributed by atoms with Crippen molar-refractivity contribution < 1.29 is 14.7 Å². The van der Waals surface area contributed by atoms with Gasteiger partial charge in [-0.25, -0.2) is 5.43 Å². The first-order valence-corrected chi connectivity index (χ1v) is 8.73. The number of rotatable bonds is 7. The van der Waals surface area contributed by atoms with Gasteiger partial charge in [-0.2, -0.15) is 5.10 Å². The van der Waals surface area contributed by atoms with Crippen molar-refractivity contribution in [2.24, 2.45) is 5.10 Å². The van der Waals surface area contributed by atoms with Gasteiger partial charge in [0.2, 0.25) is 5.91 Å². The van der Waals surface area contributed by atoms with E-state index in [1.807, 2.05) is 19.9 Å². The van der Waals surface area contributed by atoms with Gasteiger partial charge in [-0.1, -0.05) is 6.07 Å². The van der Waals surface area contributed by atoms with Crippen LogP contribution in [0.15, 0.2) is 47.6 Å². The maximum Gasteiger partial charge on any atom is 0.271 e. The number of hydrazone groups is 1. The molecular weight excluding hydrogens is 344 g/mol. The molecule has 0 fully saturated rings. The minimum atomic E-state index is -0.419. The molecule has 0 unspecified atom stereocenters. The van der Waals surface area contributed by atoms with Crippen molar-refractivity contribution in [3.8, 4) is 5.75 Å². The number of phenolic OH excluding ortho intramolecular Hbond substituents is 1. The summed E-state index contributed by atoms with van der Waals surface area (Å²) >= 11 is 0. The molecule has 0 aliphatic carbocycles. The molecule has 2 amide bonds. The van der Waals surface area contributed by atoms with E-state index in [0.29, 0.717) is 16.8 Å². The molecule has 0 aliphatic rings. The van der Waals surface area contributed by atoms with Crippen LogP contribution in [0.2, 0.25) is 0 Å². The molecule has 142 valence electrons. The van der Waals surface area contributed by atoms with Gasteiger partial charge in [0.15, 0.2) is 0 Å². The fourth-order valence-corrected chi connectivity index (χ4v) is 2.59. The molecule has 0 aliphatic heterocycles. The first-order chi connectivity index (χ1) is 12.9. The molecule has 0 heterocycles. The highest BCUT2D eigenvalue weighted by Crippen LogP contribution is 2.23. The zero-order valence-corrected chi connectivity index (χ0v) is 15.7. The van der Waals surface area contributed by atoms with Crippen molar-refractivity contribution in [3.63, 3.8) is 0 Å². The number of nitrogens with zero attached hydrogens (tertiary/aromatic N) is 2. The lowest BCUT2D eigenvalue weighted by Gasteiger charge is -2.21. The number of carbonyl (C=O) groups is 2. The van der Waals surface area contributed by atoms with Crippen LogP contribution in [0, 0.1) is 0 Å². The second kappa shape index (κ2) is 9.38. The highest BCUT2D eigenvalue weighted by molar-refractivity contribution is 5.97. The Hall–Kier alpha value is -3.35. The van der Waals surface area contributed by atoms with Gasteiger partial charge in [0.1, 0.15) is 5.75 Å². The molecule has 7 heteroatoms. The van der Waals surface area contributed by atoms with E-state index in [4.69, 9.17) is 0 Å². The maximum absolute atomic E-state index is 12.2. The van der Waals surface area contributed by atoms with Crippen molar-refractivity contribution in [1.82, 2.24) is 5.43 Å². The monoisotopic (exact) mass is 368 g/mol. The molecule has 0 atom stereocenters. The van der Waals surface area contributed by atoms with Crippen LogP contribution in [0.1, 0.15) is 36.7 Å². The van der Waals surface area contributed by atoms with E-state index in [2.05, 4.69) is 20.7 Å². The molecule has 0 saturated heterocycles. The molecule has 2 aromatic carbocycles. The Bertz CT molecular complexity index is 845. The van der Waals surface area contributed by atoms with E-state index >= 15 is 0 Å². The SMILES string of the molecule is CCN(CC)c1ccc(/C=N/NC(=O)c2cccc(NC(C)=O)c2)c(O)c1. The predicted molar refractivity (Wildman–Crippen MR) is 107 cm³/mol. The minimum Gasteiger partial charge on any atom is -0.507 e. The molecule has 0 radical (unpaired) electrons. The van der Waals surface area contributed by atoms with Crippen molar-refractivity contribution in [2.45, 2.75) is 20.8 Å². The Balaban J connectivity index is 2.04. The average Bonchev–Trinajstić information content (AvgIpc) is 2.64. The van der Waals surface area contributed by atoms with Crippen molar-refractivity contribution in [2.75, 3.05) is 23.3 Å². The molecule has 7 nitrogen and oxygen atoms in total. The number of hydrogen-bond donors (Lipinski definition) is 3. The smallest absolute Gasteiger partial charge is 0.271 e. The van der Waals surface area contributed by atoms with Crippen molar-refractivity contribution in [3.05, 3.63) is 53.6 Å². The van der Waals surface area contributed by atoms with E-state index in [1.165, 1.54) is 13.1 Å². The first kappa shape index (κ1) is 20.0. The Morgan fingerprint density at radius 2 is 1.89 bits per heavy atom. The van der Waals surface area contributed by atoms with Crippen LogP contribution < -0.4 is 15.6 Å². The summed E-state index contributed by atoms with van der Waals surface area (Å²) < 4.78 is 0. The number of phenols is 1. The van der Waals surface area contributed by atoms with Gasteiger partial charge in [-0.05, 0) is 44.2 Å². The van der Waals surface area contributed by atoms with Crippen LogP contribution in [0.5, 0.6) is 5.75 Å². The van der Waals surface area contributed by atoms with Gasteiger partial charge in [0.05, 0.1) is 6.21 Å². The summed E-state index contributed by atoms with van der Waals surface area (Å²) in [6, 6.07) is 11.9. The van der Waals surface area contributed by atoms with Gasteiger partial charge >= 0.3 is 0 Å². The van der Waals surface area contributed by atoms with Crippen molar-refractivity contribution >= 4 is 29.4 Å². The summed E-state index contributed by atoms with van der Waals surface area (Å²) in [5.41, 5.74) is 4.73. The lowest BCUT2D eigenvalue weighted by atomic mass is 10.2. The number of carbonyl (C=O) groups excluding carboxylic acids is 2. The molecule has 27 heavy (non-hydrogen) atoms. The van der Waals surface area contributed by atoms with Crippen LogP contribution in [0.25, 0.3) is 0 Å². The van der Waals surface area contributed by atoms with Gasteiger partial charge < -0.3 is 15.3 Å². The zero-order chi connectivity index (χ0) is 19.8. The lowest BCUT2D eigenvalue weighted by molar-refractivity contribution is -0.114. The number of nitrogens with one attached hydrogen (secondary N) is 2. The molecule has 0 aromatic heterocycles. The summed E-state index contributed by atoms with van der Waals surface area (Å²) in [5, 5.41) is 16.7. The normalized spacial score (nSPS) is 10.6. The summed E-state index contributed by atoms with van der Waals surface area (Å²) in [7, 11) is 0. The summed E-state index contributed by atoms with van der Waals surface area (Å²) in [5.74, 6) is -0.544. The highest BCUT2D eigenvalue weighted by atomic mass is 16.3. The average molecular weight is 368 g/mol. The third-order valence-electron chi connectivity index (χ3n) is 3.96. The summed E-state index contributed by atoms with van der Waals surface area (Å²) in [4.78, 5) is 25.4. The maximum atomic E-state index is 12.2. The molecule has 0 spiro atoms. The standard InChI is InChI=1S/C20H24N4O3/c1-4-24(5-2)18-10-9-16(19(26)12-18)13-21-23-20(27)15-7-6-8-17(11-15)22-14(3)25/h6-13,26H,4-5H2,1-3H3,(H,22,25)(H,23,27)/b21-13+.